The van der Waals surface area contributed by atoms with Gasteiger partial charge in [-0.2, -0.15) is 0 Å². The van der Waals surface area contributed by atoms with Gasteiger partial charge in [0.25, 0.3) is 0 Å². The van der Waals surface area contributed by atoms with E-state index in [0.717, 1.165) is 25.9 Å². The fourth-order valence-electron chi connectivity index (χ4n) is 2.95. The van der Waals surface area contributed by atoms with E-state index in [-0.39, 0.29) is 11.9 Å². The maximum Gasteiger partial charge on any atom is 0.324 e. The lowest BCUT2D eigenvalue weighted by Crippen LogP contribution is -2.51. The number of likely N-dealkylation sites (tertiary alicyclic amines) is 2. The molecule has 0 atom stereocenters. The highest BCUT2D eigenvalue weighted by Gasteiger charge is 2.27. The summed E-state index contributed by atoms with van der Waals surface area (Å²) < 4.78 is 0. The molecule has 2 aliphatic heterocycles. The first kappa shape index (κ1) is 14.6. The van der Waals surface area contributed by atoms with Crippen LogP contribution in [0.15, 0.2) is 0 Å². The summed E-state index contributed by atoms with van der Waals surface area (Å²) >= 11 is 5.37. The number of piperidine rings is 2. The first-order chi connectivity index (χ1) is 9.20. The van der Waals surface area contributed by atoms with Crippen molar-refractivity contribution in [1.29, 1.82) is 0 Å². The van der Waals surface area contributed by atoms with Crippen molar-refractivity contribution in [3.05, 3.63) is 0 Å². The van der Waals surface area contributed by atoms with E-state index >= 15 is 0 Å². The van der Waals surface area contributed by atoms with E-state index in [4.69, 9.17) is 11.6 Å². The molecule has 0 bridgehead atoms. The zero-order chi connectivity index (χ0) is 13.7. The van der Waals surface area contributed by atoms with E-state index in [0.29, 0.717) is 6.04 Å². The minimum atomic E-state index is -0.426. The van der Waals surface area contributed by atoms with Crippen LogP contribution in [0.3, 0.4) is 0 Å². The molecule has 6 heteroatoms. The third-order valence-corrected chi connectivity index (χ3v) is 4.27. The Morgan fingerprint density at radius 2 is 1.68 bits per heavy atom. The largest absolute Gasteiger partial charge is 0.324 e. The second-order valence-electron chi connectivity index (χ2n) is 5.30. The zero-order valence-corrected chi connectivity index (χ0v) is 12.0. The average Bonchev–Trinajstić information content (AvgIpc) is 2.48. The quantitative estimate of drug-likeness (QED) is 0.782. The SMILES string of the molecule is O=C(CCl)NC(=O)N1CCC(N2CCCCC2)CC1. The fraction of sp³-hybridized carbons (Fsp3) is 0.846. The van der Waals surface area contributed by atoms with Gasteiger partial charge in [-0.05, 0) is 38.8 Å². The molecule has 5 nitrogen and oxygen atoms in total. The van der Waals surface area contributed by atoms with Crippen molar-refractivity contribution in [1.82, 2.24) is 15.1 Å². The monoisotopic (exact) mass is 287 g/mol. The van der Waals surface area contributed by atoms with Crippen LogP contribution in [-0.4, -0.2) is 59.8 Å². The highest BCUT2D eigenvalue weighted by molar-refractivity contribution is 6.28. The molecule has 2 saturated heterocycles. The Kier molecular flexibility index (Phi) is 5.45. The summed E-state index contributed by atoms with van der Waals surface area (Å²) in [4.78, 5) is 27.1. The standard InChI is InChI=1S/C13H22ClN3O2/c14-10-12(18)15-13(19)17-8-4-11(5-9-17)16-6-2-1-3-7-16/h11H,1-10H2,(H,15,18,19). The number of imide groups is 1. The Morgan fingerprint density at radius 1 is 1.05 bits per heavy atom. The molecular weight excluding hydrogens is 266 g/mol. The van der Waals surface area contributed by atoms with Crippen molar-refractivity contribution < 1.29 is 9.59 Å². The van der Waals surface area contributed by atoms with E-state index in [2.05, 4.69) is 10.2 Å². The van der Waals surface area contributed by atoms with Crippen LogP contribution in [0.2, 0.25) is 0 Å². The van der Waals surface area contributed by atoms with Crippen LogP contribution < -0.4 is 5.32 Å². The predicted molar refractivity (Wildman–Crippen MR) is 74.3 cm³/mol. The van der Waals surface area contributed by atoms with Crippen molar-refractivity contribution in [2.24, 2.45) is 0 Å². The van der Waals surface area contributed by atoms with Crippen LogP contribution in [0.1, 0.15) is 32.1 Å². The molecule has 108 valence electrons. The van der Waals surface area contributed by atoms with Gasteiger partial charge in [0.2, 0.25) is 5.91 Å². The Balaban J connectivity index is 1.75. The average molecular weight is 288 g/mol. The number of carbonyl (C=O) groups is 2. The van der Waals surface area contributed by atoms with E-state index < -0.39 is 5.91 Å². The number of hydrogen-bond acceptors (Lipinski definition) is 3. The number of urea groups is 1. The van der Waals surface area contributed by atoms with Crippen molar-refractivity contribution >= 4 is 23.5 Å². The van der Waals surface area contributed by atoms with Crippen LogP contribution >= 0.6 is 11.6 Å². The number of hydrogen-bond donors (Lipinski definition) is 1. The summed E-state index contributed by atoms with van der Waals surface area (Å²) in [6.07, 6.45) is 5.94. The molecule has 2 fully saturated rings. The molecule has 2 heterocycles. The second kappa shape index (κ2) is 7.10. The first-order valence-electron chi connectivity index (χ1n) is 7.09. The molecule has 0 aromatic rings. The number of carbonyl (C=O) groups excluding carboxylic acids is 2. The van der Waals surface area contributed by atoms with E-state index in [1.807, 2.05) is 0 Å². The molecule has 3 amide bonds. The number of rotatable bonds is 2. The predicted octanol–water partition coefficient (Wildman–Crippen LogP) is 1.41. The van der Waals surface area contributed by atoms with Gasteiger partial charge in [-0.15, -0.1) is 11.6 Å². The molecule has 0 radical (unpaired) electrons. The van der Waals surface area contributed by atoms with Gasteiger partial charge >= 0.3 is 6.03 Å². The highest BCUT2D eigenvalue weighted by Crippen LogP contribution is 2.20. The molecule has 1 N–H and O–H groups in total. The smallest absolute Gasteiger partial charge is 0.324 e. The third kappa shape index (κ3) is 4.08. The number of amides is 3. The summed E-state index contributed by atoms with van der Waals surface area (Å²) in [6, 6.07) is 0.302. The fourth-order valence-corrected chi connectivity index (χ4v) is 3.02. The van der Waals surface area contributed by atoms with E-state index in [1.165, 1.54) is 32.4 Å². The maximum absolute atomic E-state index is 11.8. The van der Waals surface area contributed by atoms with E-state index in [9.17, 15) is 9.59 Å². The van der Waals surface area contributed by atoms with Crippen LogP contribution in [0.25, 0.3) is 0 Å². The first-order valence-corrected chi connectivity index (χ1v) is 7.63. The van der Waals surface area contributed by atoms with Crippen LogP contribution in [0.4, 0.5) is 4.79 Å². The Bertz CT molecular complexity index is 324. The molecule has 2 rings (SSSR count). The van der Waals surface area contributed by atoms with Crippen LogP contribution in [-0.2, 0) is 4.79 Å². The zero-order valence-electron chi connectivity index (χ0n) is 11.2. The summed E-state index contributed by atoms with van der Waals surface area (Å²) in [5.41, 5.74) is 0. The Hall–Kier alpha value is -0.810. The van der Waals surface area contributed by atoms with Gasteiger partial charge in [-0.1, -0.05) is 6.42 Å². The van der Waals surface area contributed by atoms with Gasteiger partial charge in [0.1, 0.15) is 5.88 Å². The highest BCUT2D eigenvalue weighted by atomic mass is 35.5. The molecule has 0 aromatic heterocycles. The summed E-state index contributed by atoms with van der Waals surface area (Å²) in [7, 11) is 0. The maximum atomic E-state index is 11.8. The summed E-state index contributed by atoms with van der Waals surface area (Å²) in [6.45, 7) is 3.84. The molecule has 2 aliphatic rings. The minimum absolute atomic E-state index is 0.171. The van der Waals surface area contributed by atoms with Crippen molar-refractivity contribution in [2.45, 2.75) is 38.1 Å². The summed E-state index contributed by atoms with van der Waals surface area (Å²) in [5.74, 6) is -0.597. The topological polar surface area (TPSA) is 52.7 Å². The number of alkyl halides is 1. The second-order valence-corrected chi connectivity index (χ2v) is 5.57. The molecular formula is C13H22ClN3O2. The van der Waals surface area contributed by atoms with Crippen LogP contribution in [0.5, 0.6) is 0 Å². The minimum Gasteiger partial charge on any atom is -0.324 e. The Labute approximate surface area is 119 Å². The third-order valence-electron chi connectivity index (χ3n) is 4.03. The van der Waals surface area contributed by atoms with Crippen molar-refractivity contribution in [3.8, 4) is 0 Å². The molecule has 0 saturated carbocycles. The summed E-state index contributed by atoms with van der Waals surface area (Å²) in [5, 5.41) is 2.30. The molecule has 0 aliphatic carbocycles. The van der Waals surface area contributed by atoms with Gasteiger partial charge in [0, 0.05) is 19.1 Å². The van der Waals surface area contributed by atoms with Gasteiger partial charge in [0.15, 0.2) is 0 Å². The Morgan fingerprint density at radius 3 is 2.26 bits per heavy atom. The van der Waals surface area contributed by atoms with Gasteiger partial charge in [-0.3, -0.25) is 10.1 Å². The number of nitrogens with zero attached hydrogens (tertiary/aromatic N) is 2. The molecule has 0 aromatic carbocycles. The van der Waals surface area contributed by atoms with Gasteiger partial charge in [0.05, 0.1) is 0 Å². The number of halogens is 1. The van der Waals surface area contributed by atoms with Crippen LogP contribution in [0, 0.1) is 0 Å². The van der Waals surface area contributed by atoms with Gasteiger partial charge in [-0.25, -0.2) is 4.79 Å². The number of nitrogens with one attached hydrogen (secondary N) is 1. The lowest BCUT2D eigenvalue weighted by atomic mass is 10.0. The van der Waals surface area contributed by atoms with E-state index in [1.54, 1.807) is 4.90 Å². The molecule has 0 spiro atoms. The lowest BCUT2D eigenvalue weighted by molar-refractivity contribution is -0.117. The van der Waals surface area contributed by atoms with Gasteiger partial charge < -0.3 is 9.80 Å². The molecule has 19 heavy (non-hydrogen) atoms. The lowest BCUT2D eigenvalue weighted by Gasteiger charge is -2.40. The normalized spacial score (nSPS) is 22.3. The molecule has 0 unspecified atom stereocenters. The van der Waals surface area contributed by atoms with Crippen molar-refractivity contribution in [2.75, 3.05) is 32.1 Å². The van der Waals surface area contributed by atoms with Crippen molar-refractivity contribution in [3.63, 3.8) is 0 Å².